The highest BCUT2D eigenvalue weighted by Gasteiger charge is 2.29. The van der Waals surface area contributed by atoms with Crippen LogP contribution in [0.15, 0.2) is 17.3 Å². The van der Waals surface area contributed by atoms with E-state index in [0.29, 0.717) is 12.5 Å². The molecule has 1 aromatic rings. The first-order valence-electron chi connectivity index (χ1n) is 5.60. The molecule has 0 bridgehead atoms. The predicted octanol–water partition coefficient (Wildman–Crippen LogP) is -0.00180. The molecule has 1 N–H and O–H groups in total. The van der Waals surface area contributed by atoms with Crippen LogP contribution in [0.2, 0.25) is 0 Å². The Labute approximate surface area is 105 Å². The van der Waals surface area contributed by atoms with E-state index in [0.717, 1.165) is 17.5 Å². The minimum absolute atomic E-state index is 0.0342. The standard InChI is InChI=1S/C10H15N3O4S/c1-12(5-8-2-3-8)18(16,17)9-4-11-13(6-9)7-10(14)15/h4,6,8H,2-3,5,7H2,1H3,(H,14,15). The number of aliphatic carboxylic acids is 1. The van der Waals surface area contributed by atoms with E-state index in [4.69, 9.17) is 5.11 Å². The fraction of sp³-hybridized carbons (Fsp3) is 0.600. The smallest absolute Gasteiger partial charge is 0.325 e. The van der Waals surface area contributed by atoms with Gasteiger partial charge in [0.2, 0.25) is 10.0 Å². The van der Waals surface area contributed by atoms with Gasteiger partial charge in [-0.05, 0) is 18.8 Å². The lowest BCUT2D eigenvalue weighted by Crippen LogP contribution is -2.28. The van der Waals surface area contributed by atoms with Crippen molar-refractivity contribution in [1.82, 2.24) is 14.1 Å². The highest BCUT2D eigenvalue weighted by atomic mass is 32.2. The fourth-order valence-corrected chi connectivity index (χ4v) is 2.85. The van der Waals surface area contributed by atoms with Gasteiger partial charge in [0.1, 0.15) is 11.4 Å². The summed E-state index contributed by atoms with van der Waals surface area (Å²) in [5.41, 5.74) is 0. The summed E-state index contributed by atoms with van der Waals surface area (Å²) in [4.78, 5) is 10.5. The summed E-state index contributed by atoms with van der Waals surface area (Å²) in [6.45, 7) is 0.161. The molecular formula is C10H15N3O4S. The maximum atomic E-state index is 12.1. The van der Waals surface area contributed by atoms with E-state index < -0.39 is 16.0 Å². The second kappa shape index (κ2) is 4.69. The van der Waals surface area contributed by atoms with E-state index in [1.165, 1.54) is 23.7 Å². The maximum Gasteiger partial charge on any atom is 0.325 e. The number of sulfonamides is 1. The van der Waals surface area contributed by atoms with Gasteiger partial charge in [-0.3, -0.25) is 9.48 Å². The second-order valence-corrected chi connectivity index (χ2v) is 6.54. The van der Waals surface area contributed by atoms with Gasteiger partial charge >= 0.3 is 5.97 Å². The number of carboxylic acid groups (broad SMARTS) is 1. The van der Waals surface area contributed by atoms with Crippen molar-refractivity contribution in [3.8, 4) is 0 Å². The highest BCUT2D eigenvalue weighted by Crippen LogP contribution is 2.30. The van der Waals surface area contributed by atoms with Crippen LogP contribution >= 0.6 is 0 Å². The third-order valence-electron chi connectivity index (χ3n) is 2.83. The van der Waals surface area contributed by atoms with Crippen molar-refractivity contribution in [2.75, 3.05) is 13.6 Å². The molecule has 1 saturated carbocycles. The predicted molar refractivity (Wildman–Crippen MR) is 62.4 cm³/mol. The number of nitrogens with zero attached hydrogens (tertiary/aromatic N) is 3. The summed E-state index contributed by atoms with van der Waals surface area (Å²) in [6, 6.07) is 0. The Kier molecular flexibility index (Phi) is 3.40. The monoisotopic (exact) mass is 273 g/mol. The topological polar surface area (TPSA) is 92.5 Å². The third-order valence-corrected chi connectivity index (χ3v) is 4.60. The molecule has 0 spiro atoms. The van der Waals surface area contributed by atoms with Crippen molar-refractivity contribution in [3.05, 3.63) is 12.4 Å². The summed E-state index contributed by atoms with van der Waals surface area (Å²) in [6.07, 6.45) is 4.56. The van der Waals surface area contributed by atoms with Crippen molar-refractivity contribution < 1.29 is 18.3 Å². The summed E-state index contributed by atoms with van der Waals surface area (Å²) < 4.78 is 26.6. The van der Waals surface area contributed by atoms with Gasteiger partial charge < -0.3 is 5.11 Å². The van der Waals surface area contributed by atoms with Crippen LogP contribution in [0, 0.1) is 5.92 Å². The van der Waals surface area contributed by atoms with Crippen LogP contribution in [0.1, 0.15) is 12.8 Å². The lowest BCUT2D eigenvalue weighted by Gasteiger charge is -2.15. The van der Waals surface area contributed by atoms with Crippen LogP contribution < -0.4 is 0 Å². The van der Waals surface area contributed by atoms with E-state index in [2.05, 4.69) is 5.10 Å². The van der Waals surface area contributed by atoms with Crippen LogP contribution in [0.3, 0.4) is 0 Å². The number of hydrogen-bond donors (Lipinski definition) is 1. The van der Waals surface area contributed by atoms with Gasteiger partial charge in [-0.1, -0.05) is 0 Å². The summed E-state index contributed by atoms with van der Waals surface area (Å²) in [5, 5.41) is 12.3. The van der Waals surface area contributed by atoms with Gasteiger partial charge in [-0.25, -0.2) is 12.7 Å². The largest absolute Gasteiger partial charge is 0.480 e. The van der Waals surface area contributed by atoms with Gasteiger partial charge in [0, 0.05) is 19.8 Å². The molecule has 0 aliphatic heterocycles. The first-order valence-corrected chi connectivity index (χ1v) is 7.04. The molecule has 1 aliphatic carbocycles. The Balaban J connectivity index is 2.12. The van der Waals surface area contributed by atoms with Gasteiger partial charge in [0.15, 0.2) is 0 Å². The second-order valence-electron chi connectivity index (χ2n) is 4.50. The molecule has 1 aliphatic rings. The minimum atomic E-state index is -3.55. The Bertz CT molecular complexity index is 547. The molecule has 0 amide bonds. The maximum absolute atomic E-state index is 12.1. The van der Waals surface area contributed by atoms with Gasteiger partial charge in [-0.2, -0.15) is 5.10 Å². The van der Waals surface area contributed by atoms with Crippen LogP contribution in [0.25, 0.3) is 0 Å². The van der Waals surface area contributed by atoms with Gasteiger partial charge in [0.25, 0.3) is 0 Å². The van der Waals surface area contributed by atoms with Crippen LogP contribution in [-0.2, 0) is 21.4 Å². The molecule has 7 nitrogen and oxygen atoms in total. The Morgan fingerprint density at radius 3 is 2.83 bits per heavy atom. The summed E-state index contributed by atoms with van der Waals surface area (Å²) in [5.74, 6) is -0.604. The Morgan fingerprint density at radius 1 is 1.61 bits per heavy atom. The van der Waals surface area contributed by atoms with E-state index >= 15 is 0 Å². The summed E-state index contributed by atoms with van der Waals surface area (Å²) in [7, 11) is -2.02. The number of rotatable bonds is 6. The quantitative estimate of drug-likeness (QED) is 0.787. The first kappa shape index (κ1) is 13.0. The van der Waals surface area contributed by atoms with Crippen molar-refractivity contribution in [3.63, 3.8) is 0 Å². The molecule has 0 atom stereocenters. The van der Waals surface area contributed by atoms with Gasteiger partial charge in [-0.15, -0.1) is 0 Å². The molecule has 0 unspecified atom stereocenters. The molecule has 100 valence electrons. The molecule has 2 rings (SSSR count). The van der Waals surface area contributed by atoms with Crippen molar-refractivity contribution in [2.45, 2.75) is 24.3 Å². The molecular weight excluding hydrogens is 258 g/mol. The summed E-state index contributed by atoms with van der Waals surface area (Å²) >= 11 is 0. The van der Waals surface area contributed by atoms with E-state index in [1.807, 2.05) is 0 Å². The average Bonchev–Trinajstić information content (AvgIpc) is 2.94. The zero-order valence-electron chi connectivity index (χ0n) is 9.98. The zero-order valence-corrected chi connectivity index (χ0v) is 10.8. The molecule has 8 heteroatoms. The molecule has 0 aromatic carbocycles. The van der Waals surface area contributed by atoms with Crippen LogP contribution in [0.4, 0.5) is 0 Å². The average molecular weight is 273 g/mol. The normalized spacial score (nSPS) is 16.1. The lowest BCUT2D eigenvalue weighted by molar-refractivity contribution is -0.137. The first-order chi connectivity index (χ1) is 8.39. The van der Waals surface area contributed by atoms with Crippen molar-refractivity contribution in [1.29, 1.82) is 0 Å². The van der Waals surface area contributed by atoms with Crippen LogP contribution in [-0.4, -0.2) is 47.2 Å². The Hall–Kier alpha value is -1.41. The number of carboxylic acids is 1. The molecule has 1 heterocycles. The fourth-order valence-electron chi connectivity index (χ4n) is 1.64. The molecule has 18 heavy (non-hydrogen) atoms. The van der Waals surface area contributed by atoms with Crippen LogP contribution in [0.5, 0.6) is 0 Å². The molecule has 0 radical (unpaired) electrons. The minimum Gasteiger partial charge on any atom is -0.480 e. The van der Waals surface area contributed by atoms with E-state index in [-0.39, 0.29) is 11.4 Å². The number of carbonyl (C=O) groups is 1. The zero-order chi connectivity index (χ0) is 13.3. The number of aromatic nitrogens is 2. The molecule has 1 aromatic heterocycles. The van der Waals surface area contributed by atoms with E-state index in [1.54, 1.807) is 0 Å². The third kappa shape index (κ3) is 2.88. The van der Waals surface area contributed by atoms with E-state index in [9.17, 15) is 13.2 Å². The molecule has 0 saturated heterocycles. The molecule has 1 fully saturated rings. The SMILES string of the molecule is CN(CC1CC1)S(=O)(=O)c1cnn(CC(=O)O)c1. The number of hydrogen-bond acceptors (Lipinski definition) is 4. The van der Waals surface area contributed by atoms with Crippen molar-refractivity contribution in [2.24, 2.45) is 5.92 Å². The van der Waals surface area contributed by atoms with Gasteiger partial charge in [0.05, 0.1) is 6.20 Å². The highest BCUT2D eigenvalue weighted by molar-refractivity contribution is 7.89. The van der Waals surface area contributed by atoms with Crippen molar-refractivity contribution >= 4 is 16.0 Å². The Morgan fingerprint density at radius 2 is 2.28 bits per heavy atom. The lowest BCUT2D eigenvalue weighted by atomic mass is 10.4.